The summed E-state index contributed by atoms with van der Waals surface area (Å²) in [6.07, 6.45) is 0. The van der Waals surface area contributed by atoms with Gasteiger partial charge in [-0.3, -0.25) is 4.90 Å². The predicted molar refractivity (Wildman–Crippen MR) is 120 cm³/mol. The fourth-order valence-electron chi connectivity index (χ4n) is 2.74. The maximum absolute atomic E-state index is 9.97. The third-order valence-electron chi connectivity index (χ3n) is 4.03. The molecule has 150 valence electrons. The van der Waals surface area contributed by atoms with Crippen LogP contribution in [-0.2, 0) is 6.54 Å². The molecule has 0 radical (unpaired) electrons. The van der Waals surface area contributed by atoms with Crippen LogP contribution in [0.15, 0.2) is 23.2 Å². The van der Waals surface area contributed by atoms with E-state index in [2.05, 4.69) is 48.2 Å². The monoisotopic (exact) mass is 478 g/mol. The summed E-state index contributed by atoms with van der Waals surface area (Å²) in [6, 6.07) is 6.19. The van der Waals surface area contributed by atoms with Crippen LogP contribution in [0.3, 0.4) is 0 Å². The average Bonchev–Trinajstić information content (AvgIpc) is 2.56. The Bertz CT molecular complexity index is 542. The Morgan fingerprint density at radius 2 is 1.85 bits per heavy atom. The lowest BCUT2D eigenvalue weighted by Gasteiger charge is -2.30. The maximum Gasteiger partial charge on any atom is 0.191 e. The molecular weight excluding hydrogens is 443 g/mol. The normalized spacial score (nSPS) is 11.7. The zero-order chi connectivity index (χ0) is 18.8. The minimum atomic E-state index is 0. The fourth-order valence-corrected chi connectivity index (χ4v) is 2.74. The summed E-state index contributed by atoms with van der Waals surface area (Å²) in [5.74, 6) is 1.69. The standard InChI is InChI=1S/C19H34N4O2.HI/c1-7-20-19(21-10-11-23(14(2)3)15(4)5)22-13-16-12-17(25-6)8-9-18(16)24;/h8-9,12,14-15,24H,7,10-11,13H2,1-6H3,(H2,20,21,22);1H. The van der Waals surface area contributed by atoms with Gasteiger partial charge in [0.05, 0.1) is 13.7 Å². The Morgan fingerprint density at radius 1 is 1.19 bits per heavy atom. The molecule has 0 heterocycles. The minimum Gasteiger partial charge on any atom is -0.508 e. The number of benzene rings is 1. The average molecular weight is 478 g/mol. The van der Waals surface area contributed by atoms with E-state index >= 15 is 0 Å². The van der Waals surface area contributed by atoms with Crippen LogP contribution < -0.4 is 15.4 Å². The van der Waals surface area contributed by atoms with Gasteiger partial charge in [-0.1, -0.05) is 0 Å². The Kier molecular flexibility index (Phi) is 12.4. The van der Waals surface area contributed by atoms with Crippen molar-refractivity contribution in [3.63, 3.8) is 0 Å². The molecule has 0 amide bonds. The van der Waals surface area contributed by atoms with Crippen LogP contribution in [0.4, 0.5) is 0 Å². The fraction of sp³-hybridized carbons (Fsp3) is 0.632. The number of aromatic hydroxyl groups is 1. The third-order valence-corrected chi connectivity index (χ3v) is 4.03. The van der Waals surface area contributed by atoms with Crippen molar-refractivity contribution in [2.45, 2.75) is 53.2 Å². The first kappa shape index (κ1) is 24.8. The summed E-state index contributed by atoms with van der Waals surface area (Å²) < 4.78 is 5.20. The summed E-state index contributed by atoms with van der Waals surface area (Å²) >= 11 is 0. The molecule has 0 aliphatic heterocycles. The van der Waals surface area contributed by atoms with Gasteiger partial charge in [-0.25, -0.2) is 4.99 Å². The van der Waals surface area contributed by atoms with Crippen molar-refractivity contribution in [2.75, 3.05) is 26.7 Å². The Labute approximate surface area is 175 Å². The number of hydrogen-bond acceptors (Lipinski definition) is 4. The molecule has 1 aromatic rings. The SMILES string of the molecule is CCNC(=NCc1cc(OC)ccc1O)NCCN(C(C)C)C(C)C.I. The smallest absolute Gasteiger partial charge is 0.191 e. The van der Waals surface area contributed by atoms with E-state index in [9.17, 15) is 5.11 Å². The Balaban J connectivity index is 0.00000625. The molecule has 0 aromatic heterocycles. The van der Waals surface area contributed by atoms with E-state index in [-0.39, 0.29) is 29.7 Å². The molecule has 0 aliphatic rings. The first-order chi connectivity index (χ1) is 11.9. The van der Waals surface area contributed by atoms with Gasteiger partial charge in [-0.15, -0.1) is 24.0 Å². The van der Waals surface area contributed by atoms with Gasteiger partial charge in [-0.2, -0.15) is 0 Å². The molecule has 0 fully saturated rings. The van der Waals surface area contributed by atoms with Crippen LogP contribution in [0.25, 0.3) is 0 Å². The van der Waals surface area contributed by atoms with Gasteiger partial charge in [0.25, 0.3) is 0 Å². The lowest BCUT2D eigenvalue weighted by atomic mass is 10.2. The largest absolute Gasteiger partial charge is 0.508 e. The van der Waals surface area contributed by atoms with E-state index < -0.39 is 0 Å². The van der Waals surface area contributed by atoms with Crippen LogP contribution in [0, 0.1) is 0 Å². The molecule has 0 spiro atoms. The third kappa shape index (κ3) is 8.44. The van der Waals surface area contributed by atoms with E-state index in [1.807, 2.05) is 13.0 Å². The molecule has 26 heavy (non-hydrogen) atoms. The van der Waals surface area contributed by atoms with Gasteiger partial charge in [0.1, 0.15) is 11.5 Å². The molecule has 0 atom stereocenters. The van der Waals surface area contributed by atoms with Gasteiger partial charge in [-0.05, 0) is 52.8 Å². The van der Waals surface area contributed by atoms with E-state index in [0.717, 1.165) is 31.2 Å². The second kappa shape index (κ2) is 13.0. The summed E-state index contributed by atoms with van der Waals surface area (Å²) in [5, 5.41) is 16.6. The van der Waals surface area contributed by atoms with Crippen molar-refractivity contribution in [2.24, 2.45) is 4.99 Å². The topological polar surface area (TPSA) is 69.1 Å². The second-order valence-electron chi connectivity index (χ2n) is 6.54. The van der Waals surface area contributed by atoms with E-state index in [4.69, 9.17) is 4.74 Å². The molecule has 0 unspecified atom stereocenters. The minimum absolute atomic E-state index is 0. The highest BCUT2D eigenvalue weighted by Crippen LogP contribution is 2.23. The number of phenols is 1. The van der Waals surface area contributed by atoms with Gasteiger partial charge < -0.3 is 20.5 Å². The van der Waals surface area contributed by atoms with Crippen molar-refractivity contribution in [3.8, 4) is 11.5 Å². The number of phenolic OH excluding ortho intramolecular Hbond substituents is 1. The number of aliphatic imine (C=N–C) groups is 1. The maximum atomic E-state index is 9.97. The van der Waals surface area contributed by atoms with Crippen LogP contribution in [0.5, 0.6) is 11.5 Å². The lowest BCUT2D eigenvalue weighted by molar-refractivity contribution is 0.178. The van der Waals surface area contributed by atoms with Crippen molar-refractivity contribution in [3.05, 3.63) is 23.8 Å². The van der Waals surface area contributed by atoms with Crippen molar-refractivity contribution in [1.29, 1.82) is 0 Å². The predicted octanol–water partition coefficient (Wildman–Crippen LogP) is 3.19. The summed E-state index contributed by atoms with van der Waals surface area (Å²) in [4.78, 5) is 7.00. The number of ether oxygens (including phenoxy) is 1. The van der Waals surface area contributed by atoms with Gasteiger partial charge in [0.15, 0.2) is 5.96 Å². The number of halogens is 1. The zero-order valence-electron chi connectivity index (χ0n) is 16.9. The van der Waals surface area contributed by atoms with Gasteiger partial charge in [0.2, 0.25) is 0 Å². The Morgan fingerprint density at radius 3 is 2.38 bits per heavy atom. The van der Waals surface area contributed by atoms with Gasteiger partial charge in [0, 0.05) is 37.3 Å². The highest BCUT2D eigenvalue weighted by Gasteiger charge is 2.12. The van der Waals surface area contributed by atoms with Gasteiger partial charge >= 0.3 is 0 Å². The molecule has 6 nitrogen and oxygen atoms in total. The number of nitrogens with one attached hydrogen (secondary N) is 2. The first-order valence-corrected chi connectivity index (χ1v) is 9.02. The summed E-state index contributed by atoms with van der Waals surface area (Å²) in [7, 11) is 1.61. The number of guanidine groups is 1. The van der Waals surface area contributed by atoms with Crippen LogP contribution in [0.2, 0.25) is 0 Å². The second-order valence-corrected chi connectivity index (χ2v) is 6.54. The highest BCUT2D eigenvalue weighted by atomic mass is 127. The zero-order valence-corrected chi connectivity index (χ0v) is 19.2. The van der Waals surface area contributed by atoms with E-state index in [1.54, 1.807) is 19.2 Å². The summed E-state index contributed by atoms with van der Waals surface area (Å²) in [6.45, 7) is 13.8. The van der Waals surface area contributed by atoms with Crippen molar-refractivity contribution >= 4 is 29.9 Å². The Hall–Kier alpha value is -1.22. The van der Waals surface area contributed by atoms with Crippen LogP contribution in [-0.4, -0.2) is 54.8 Å². The lowest BCUT2D eigenvalue weighted by Crippen LogP contribution is -2.45. The molecule has 1 rings (SSSR count). The first-order valence-electron chi connectivity index (χ1n) is 9.02. The van der Waals surface area contributed by atoms with Crippen molar-refractivity contribution < 1.29 is 9.84 Å². The molecule has 0 bridgehead atoms. The number of nitrogens with zero attached hydrogens (tertiary/aromatic N) is 2. The number of rotatable bonds is 9. The highest BCUT2D eigenvalue weighted by molar-refractivity contribution is 14.0. The molecule has 0 saturated carbocycles. The van der Waals surface area contributed by atoms with E-state index in [0.29, 0.717) is 24.4 Å². The molecular formula is C19H35IN4O2. The molecule has 3 N–H and O–H groups in total. The van der Waals surface area contributed by atoms with Crippen molar-refractivity contribution in [1.82, 2.24) is 15.5 Å². The summed E-state index contributed by atoms with van der Waals surface area (Å²) in [5.41, 5.74) is 0.738. The molecule has 0 saturated heterocycles. The molecule has 1 aromatic carbocycles. The molecule has 7 heteroatoms. The number of hydrogen-bond donors (Lipinski definition) is 3. The molecule has 0 aliphatic carbocycles. The quantitative estimate of drug-likeness (QED) is 0.289. The number of methoxy groups -OCH3 is 1. The van der Waals surface area contributed by atoms with Crippen LogP contribution >= 0.6 is 24.0 Å². The van der Waals surface area contributed by atoms with Crippen LogP contribution in [0.1, 0.15) is 40.2 Å². The van der Waals surface area contributed by atoms with E-state index in [1.165, 1.54) is 0 Å².